The average molecular weight is 769 g/mol. The largest absolute Gasteiger partial charge is 0.309 e. The molecular weight excluding hydrogens is 733 g/mol. The first-order chi connectivity index (χ1) is 29.5. The normalized spacial score (nSPS) is 11.5. The van der Waals surface area contributed by atoms with Crippen molar-refractivity contribution in [2.24, 2.45) is 0 Å². The van der Waals surface area contributed by atoms with Gasteiger partial charge in [-0.3, -0.25) is 0 Å². The van der Waals surface area contributed by atoms with Crippen LogP contribution in [0.5, 0.6) is 0 Å². The molecule has 60 heavy (non-hydrogen) atoms. The highest BCUT2D eigenvalue weighted by Crippen LogP contribution is 2.43. The summed E-state index contributed by atoms with van der Waals surface area (Å²) in [4.78, 5) is 19.4. The highest BCUT2D eigenvalue weighted by molar-refractivity contribution is 6.11. The second kappa shape index (κ2) is 14.1. The lowest BCUT2D eigenvalue weighted by Crippen LogP contribution is -2.02. The Hall–Kier alpha value is -8.14. The summed E-state index contributed by atoms with van der Waals surface area (Å²) in [7, 11) is 0. The van der Waals surface area contributed by atoms with Crippen LogP contribution in [0.25, 0.3) is 105 Å². The zero-order valence-corrected chi connectivity index (χ0v) is 33.0. The first kappa shape index (κ1) is 35.1. The van der Waals surface area contributed by atoms with Crippen LogP contribution in [0.2, 0.25) is 0 Å². The van der Waals surface area contributed by atoms with Gasteiger partial charge in [0.1, 0.15) is 0 Å². The van der Waals surface area contributed by atoms with Crippen LogP contribution >= 0.6 is 0 Å². The quantitative estimate of drug-likeness (QED) is 0.158. The molecule has 8 aromatic carbocycles. The van der Waals surface area contributed by atoms with Crippen molar-refractivity contribution in [1.29, 1.82) is 0 Å². The molecule has 6 heteroatoms. The number of nitrogens with zero attached hydrogens (tertiary/aromatic N) is 6. The molecule has 0 bridgehead atoms. The fourth-order valence-electron chi connectivity index (χ4n) is 8.71. The Labute approximate surface area is 347 Å². The minimum Gasteiger partial charge on any atom is -0.309 e. The van der Waals surface area contributed by atoms with Crippen LogP contribution in [0, 0.1) is 20.4 Å². The number of hydrogen-bond acceptors (Lipinski definition) is 3. The van der Waals surface area contributed by atoms with E-state index in [0.29, 0.717) is 23.2 Å². The van der Waals surface area contributed by atoms with Gasteiger partial charge in [0.25, 0.3) is 0 Å². The molecule has 11 rings (SSSR count). The van der Waals surface area contributed by atoms with Crippen molar-refractivity contribution in [2.75, 3.05) is 0 Å². The minimum absolute atomic E-state index is 0.548. The van der Waals surface area contributed by atoms with Crippen LogP contribution in [0.4, 0.5) is 5.69 Å². The summed E-state index contributed by atoms with van der Waals surface area (Å²) in [5, 5.41) is 4.73. The van der Waals surface area contributed by atoms with Gasteiger partial charge in [0, 0.05) is 43.9 Å². The van der Waals surface area contributed by atoms with Gasteiger partial charge in [0.15, 0.2) is 23.2 Å². The number of fused-ring (bicyclic) bond motifs is 6. The maximum absolute atomic E-state index is 8.54. The molecular formula is C54H36N6. The highest BCUT2D eigenvalue weighted by atomic mass is 15.0. The number of aromatic nitrogens is 5. The monoisotopic (exact) mass is 768 g/mol. The third kappa shape index (κ3) is 5.75. The zero-order chi connectivity index (χ0) is 40.3. The molecule has 0 radical (unpaired) electrons. The fraction of sp³-hybridized carbons (Fsp3) is 0.0370. The SMILES string of the molecule is [C-]#[N+]c1ccc(-n2c3ccccc3c3cc(C)ccc32)cc1-c1cc(-c2nc(-c3ccccc3)nc(-c3ccccc3)n2)ccc1-n1c2ccccc2c2cc(C)ccc21. The summed E-state index contributed by atoms with van der Waals surface area (Å²) in [5.41, 5.74) is 13.6. The van der Waals surface area contributed by atoms with Crippen molar-refractivity contribution in [2.45, 2.75) is 13.8 Å². The number of rotatable bonds is 6. The lowest BCUT2D eigenvalue weighted by Gasteiger charge is -2.18. The Balaban J connectivity index is 1.21. The fourth-order valence-corrected chi connectivity index (χ4v) is 8.71. The summed E-state index contributed by atoms with van der Waals surface area (Å²) in [6.07, 6.45) is 0. The molecule has 0 atom stereocenters. The second-order valence-corrected chi connectivity index (χ2v) is 15.3. The van der Waals surface area contributed by atoms with E-state index in [2.05, 4.69) is 143 Å². The molecule has 3 aromatic heterocycles. The number of para-hydroxylation sites is 2. The van der Waals surface area contributed by atoms with Gasteiger partial charge in [0.05, 0.1) is 34.3 Å². The molecule has 0 unspecified atom stereocenters. The molecule has 0 saturated carbocycles. The Bertz CT molecular complexity index is 3460. The third-order valence-electron chi connectivity index (χ3n) is 11.5. The Morgan fingerprint density at radius 2 is 0.900 bits per heavy atom. The van der Waals surface area contributed by atoms with Crippen molar-refractivity contribution in [3.8, 4) is 56.7 Å². The lowest BCUT2D eigenvalue weighted by atomic mass is 9.97. The zero-order valence-electron chi connectivity index (χ0n) is 33.0. The van der Waals surface area contributed by atoms with Crippen LogP contribution in [-0.2, 0) is 0 Å². The van der Waals surface area contributed by atoms with E-state index in [9.17, 15) is 0 Å². The number of aryl methyl sites for hydroxylation is 2. The Morgan fingerprint density at radius 3 is 1.48 bits per heavy atom. The van der Waals surface area contributed by atoms with E-state index in [-0.39, 0.29) is 0 Å². The molecule has 0 aliphatic heterocycles. The van der Waals surface area contributed by atoms with E-state index < -0.39 is 0 Å². The molecule has 0 aliphatic rings. The summed E-state index contributed by atoms with van der Waals surface area (Å²) in [6, 6.07) is 63.1. The van der Waals surface area contributed by atoms with Crippen molar-refractivity contribution in [3.05, 3.63) is 205 Å². The summed E-state index contributed by atoms with van der Waals surface area (Å²) in [5.74, 6) is 1.73. The Kier molecular flexibility index (Phi) is 8.21. The van der Waals surface area contributed by atoms with Gasteiger partial charge < -0.3 is 9.13 Å². The van der Waals surface area contributed by atoms with Gasteiger partial charge in [-0.25, -0.2) is 19.8 Å². The van der Waals surface area contributed by atoms with Crippen molar-refractivity contribution >= 4 is 49.3 Å². The Morgan fingerprint density at radius 1 is 0.400 bits per heavy atom. The predicted molar refractivity (Wildman–Crippen MR) is 246 cm³/mol. The van der Waals surface area contributed by atoms with E-state index >= 15 is 0 Å². The highest BCUT2D eigenvalue weighted by Gasteiger charge is 2.22. The average Bonchev–Trinajstić information content (AvgIpc) is 3.81. The van der Waals surface area contributed by atoms with E-state index in [1.54, 1.807) is 0 Å². The van der Waals surface area contributed by atoms with Crippen LogP contribution in [0.15, 0.2) is 182 Å². The minimum atomic E-state index is 0.548. The first-order valence-corrected chi connectivity index (χ1v) is 20.1. The van der Waals surface area contributed by atoms with Gasteiger partial charge in [-0.15, -0.1) is 0 Å². The molecule has 3 heterocycles. The molecule has 0 amide bonds. The number of benzene rings is 8. The summed E-state index contributed by atoms with van der Waals surface area (Å²) >= 11 is 0. The molecule has 0 saturated heterocycles. The third-order valence-corrected chi connectivity index (χ3v) is 11.5. The van der Waals surface area contributed by atoms with Crippen LogP contribution in [-0.4, -0.2) is 24.1 Å². The molecule has 0 spiro atoms. The van der Waals surface area contributed by atoms with Gasteiger partial charge in [0.2, 0.25) is 0 Å². The van der Waals surface area contributed by atoms with Crippen molar-refractivity contribution < 1.29 is 0 Å². The van der Waals surface area contributed by atoms with Crippen molar-refractivity contribution in [3.63, 3.8) is 0 Å². The molecule has 0 fully saturated rings. The summed E-state index contributed by atoms with van der Waals surface area (Å²) < 4.78 is 4.66. The molecule has 282 valence electrons. The smallest absolute Gasteiger partial charge is 0.195 e. The van der Waals surface area contributed by atoms with Gasteiger partial charge in [-0.1, -0.05) is 126 Å². The van der Waals surface area contributed by atoms with Crippen LogP contribution < -0.4 is 0 Å². The predicted octanol–water partition coefficient (Wildman–Crippen LogP) is 13.9. The van der Waals surface area contributed by atoms with Gasteiger partial charge >= 0.3 is 0 Å². The maximum atomic E-state index is 8.54. The number of hydrogen-bond donors (Lipinski definition) is 0. The topological polar surface area (TPSA) is 52.9 Å². The van der Waals surface area contributed by atoms with E-state index in [0.717, 1.165) is 61.3 Å². The molecule has 0 N–H and O–H groups in total. The van der Waals surface area contributed by atoms with Crippen LogP contribution in [0.3, 0.4) is 0 Å². The van der Waals surface area contributed by atoms with E-state index in [1.807, 2.05) is 66.7 Å². The molecule has 11 aromatic rings. The van der Waals surface area contributed by atoms with Gasteiger partial charge in [-0.2, -0.15) is 0 Å². The molecule has 6 nitrogen and oxygen atoms in total. The molecule has 0 aliphatic carbocycles. The van der Waals surface area contributed by atoms with Crippen molar-refractivity contribution in [1.82, 2.24) is 24.1 Å². The van der Waals surface area contributed by atoms with Gasteiger partial charge in [-0.05, 0) is 91.7 Å². The van der Waals surface area contributed by atoms with E-state index in [4.69, 9.17) is 21.5 Å². The lowest BCUT2D eigenvalue weighted by molar-refractivity contribution is 1.07. The second-order valence-electron chi connectivity index (χ2n) is 15.3. The first-order valence-electron chi connectivity index (χ1n) is 20.1. The maximum Gasteiger partial charge on any atom is 0.195 e. The summed E-state index contributed by atoms with van der Waals surface area (Å²) in [6.45, 7) is 12.8. The standard InChI is InChI=1S/C54H36N6/c1-34-22-27-49-43(30-34)40-18-10-12-20-47(40)59(49)39-25-26-46(55-3)42(33-39)45-32-38(24-29-51(45)60-48-21-13-11-19-41(48)44-31-35(2)23-28-50(44)60)54-57-52(36-14-6-4-7-15-36)56-53(58-54)37-16-8-5-9-17-37/h4-33H,1-2H3. The van der Waals surface area contributed by atoms with E-state index in [1.165, 1.54) is 32.7 Å². The van der Waals surface area contributed by atoms with Crippen LogP contribution in [0.1, 0.15) is 11.1 Å².